The zero-order valence-corrected chi connectivity index (χ0v) is 12.2. The highest BCUT2D eigenvalue weighted by atomic mass is 79.9. The molecule has 1 N–H and O–H groups in total. The Bertz CT molecular complexity index is 534. The molecule has 0 aromatic heterocycles. The summed E-state index contributed by atoms with van der Waals surface area (Å²) in [6.45, 7) is 4.29. The second-order valence-electron chi connectivity index (χ2n) is 4.74. The van der Waals surface area contributed by atoms with Crippen molar-refractivity contribution < 1.29 is 5.11 Å². The number of aliphatic hydroxyl groups excluding tert-OH is 1. The number of aliphatic hydroxyl groups is 1. The molecule has 0 radical (unpaired) electrons. The third-order valence-electron chi connectivity index (χ3n) is 3.08. The first-order valence-electron chi connectivity index (χ1n) is 6.12. The molecule has 2 rings (SSSR count). The van der Waals surface area contributed by atoms with Crippen molar-refractivity contribution in [2.45, 2.75) is 25.9 Å². The summed E-state index contributed by atoms with van der Waals surface area (Å²) < 4.78 is 0.987. The van der Waals surface area contributed by atoms with E-state index in [-0.39, 0.29) is 0 Å². The number of benzene rings is 2. The fourth-order valence-corrected chi connectivity index (χ4v) is 2.56. The molecule has 1 atom stereocenters. The molecule has 2 aromatic rings. The van der Waals surface area contributed by atoms with Gasteiger partial charge in [-0.3, -0.25) is 0 Å². The van der Waals surface area contributed by atoms with Gasteiger partial charge in [-0.25, -0.2) is 0 Å². The van der Waals surface area contributed by atoms with Gasteiger partial charge < -0.3 is 5.11 Å². The summed E-state index contributed by atoms with van der Waals surface area (Å²) in [6.07, 6.45) is -0.568. The first-order valence-corrected chi connectivity index (χ1v) is 6.91. The number of hydrogen-bond acceptors (Lipinski definition) is 1. The molecule has 0 aliphatic carbocycles. The Morgan fingerprint density at radius 1 is 0.944 bits per heavy atom. The van der Waals surface area contributed by atoms with Crippen molar-refractivity contribution in [1.82, 2.24) is 0 Å². The molecule has 0 amide bonds. The van der Waals surface area contributed by atoms with Gasteiger partial charge in [-0.2, -0.15) is 0 Å². The van der Waals surface area contributed by atoms with E-state index in [1.54, 1.807) is 0 Å². The Labute approximate surface area is 117 Å². The lowest BCUT2D eigenvalue weighted by Gasteiger charge is -2.18. The Kier molecular flexibility index (Phi) is 4.20. The van der Waals surface area contributed by atoms with E-state index in [9.17, 15) is 5.11 Å². The zero-order valence-electron chi connectivity index (χ0n) is 10.6. The summed E-state index contributed by atoms with van der Waals surface area (Å²) in [5, 5.41) is 10.5. The summed E-state index contributed by atoms with van der Waals surface area (Å²) in [7, 11) is 0. The van der Waals surface area contributed by atoms with E-state index in [4.69, 9.17) is 0 Å². The Hall–Kier alpha value is -1.12. The second-order valence-corrected chi connectivity index (χ2v) is 5.66. The van der Waals surface area contributed by atoms with Crippen molar-refractivity contribution in [2.75, 3.05) is 0 Å². The molecule has 0 bridgehead atoms. The molecule has 0 saturated carbocycles. The van der Waals surface area contributed by atoms with Crippen molar-refractivity contribution in [3.8, 4) is 0 Å². The van der Waals surface area contributed by atoms with Gasteiger partial charge in [0.15, 0.2) is 0 Å². The van der Waals surface area contributed by atoms with Crippen LogP contribution in [-0.4, -0.2) is 5.11 Å². The minimum Gasteiger partial charge on any atom is -0.384 e. The zero-order chi connectivity index (χ0) is 13.1. The summed E-state index contributed by atoms with van der Waals surface area (Å²) in [6, 6.07) is 15.9. The van der Waals surface area contributed by atoms with E-state index in [0.29, 0.717) is 5.92 Å². The molecule has 18 heavy (non-hydrogen) atoms. The maximum absolute atomic E-state index is 10.5. The number of hydrogen-bond donors (Lipinski definition) is 1. The molecule has 0 saturated heterocycles. The normalized spacial score (nSPS) is 12.7. The molecular formula is C16H17BrO. The molecule has 0 heterocycles. The number of rotatable bonds is 3. The third kappa shape index (κ3) is 2.82. The van der Waals surface area contributed by atoms with Gasteiger partial charge in [0.25, 0.3) is 0 Å². The summed E-state index contributed by atoms with van der Waals surface area (Å²) in [5.41, 5.74) is 3.10. The molecule has 1 nitrogen and oxygen atoms in total. The van der Waals surface area contributed by atoms with E-state index in [1.807, 2.05) is 42.5 Å². The molecule has 2 aromatic carbocycles. The predicted octanol–water partition coefficient (Wildman–Crippen LogP) is 4.65. The van der Waals surface area contributed by atoms with Crippen molar-refractivity contribution in [1.29, 1.82) is 0 Å². The Balaban J connectivity index is 2.43. The minimum absolute atomic E-state index is 0.406. The van der Waals surface area contributed by atoms with Gasteiger partial charge in [0.05, 0.1) is 0 Å². The quantitative estimate of drug-likeness (QED) is 0.875. The van der Waals surface area contributed by atoms with E-state index in [1.165, 1.54) is 5.56 Å². The maximum Gasteiger partial charge on any atom is 0.104 e. The van der Waals surface area contributed by atoms with Crippen molar-refractivity contribution in [3.05, 3.63) is 69.7 Å². The van der Waals surface area contributed by atoms with E-state index in [0.717, 1.165) is 15.6 Å². The van der Waals surface area contributed by atoms with Crippen LogP contribution in [0.15, 0.2) is 53.0 Å². The minimum atomic E-state index is -0.568. The molecule has 2 heteroatoms. The Morgan fingerprint density at radius 2 is 1.61 bits per heavy atom. The molecular weight excluding hydrogens is 288 g/mol. The van der Waals surface area contributed by atoms with Crippen LogP contribution in [-0.2, 0) is 0 Å². The van der Waals surface area contributed by atoms with Crippen LogP contribution in [0, 0.1) is 0 Å². The first-order chi connectivity index (χ1) is 8.59. The average Bonchev–Trinajstić information content (AvgIpc) is 2.38. The van der Waals surface area contributed by atoms with Crippen LogP contribution < -0.4 is 0 Å². The van der Waals surface area contributed by atoms with E-state index >= 15 is 0 Å². The SMILES string of the molecule is CC(C)c1ccccc1[C@@H](O)c1cccc(Br)c1. The number of halogens is 1. The lowest BCUT2D eigenvalue weighted by Crippen LogP contribution is -2.04. The topological polar surface area (TPSA) is 20.2 Å². The molecule has 0 spiro atoms. The van der Waals surface area contributed by atoms with Crippen molar-refractivity contribution in [2.24, 2.45) is 0 Å². The van der Waals surface area contributed by atoms with Gasteiger partial charge in [-0.05, 0) is 34.7 Å². The van der Waals surface area contributed by atoms with Crippen LogP contribution in [0.25, 0.3) is 0 Å². The highest BCUT2D eigenvalue weighted by Gasteiger charge is 2.15. The highest BCUT2D eigenvalue weighted by Crippen LogP contribution is 2.30. The van der Waals surface area contributed by atoms with Crippen molar-refractivity contribution >= 4 is 15.9 Å². The van der Waals surface area contributed by atoms with Crippen LogP contribution in [0.5, 0.6) is 0 Å². The molecule has 94 valence electrons. The average molecular weight is 305 g/mol. The highest BCUT2D eigenvalue weighted by molar-refractivity contribution is 9.10. The van der Waals surface area contributed by atoms with Crippen LogP contribution in [0.2, 0.25) is 0 Å². The summed E-state index contributed by atoms with van der Waals surface area (Å²) in [4.78, 5) is 0. The molecule has 0 unspecified atom stereocenters. The van der Waals surface area contributed by atoms with Crippen molar-refractivity contribution in [3.63, 3.8) is 0 Å². The maximum atomic E-state index is 10.5. The monoisotopic (exact) mass is 304 g/mol. The van der Waals surface area contributed by atoms with E-state index in [2.05, 4.69) is 35.8 Å². The Morgan fingerprint density at radius 3 is 2.22 bits per heavy atom. The smallest absolute Gasteiger partial charge is 0.104 e. The van der Waals surface area contributed by atoms with E-state index < -0.39 is 6.10 Å². The van der Waals surface area contributed by atoms with Gasteiger partial charge >= 0.3 is 0 Å². The fraction of sp³-hybridized carbons (Fsp3) is 0.250. The third-order valence-corrected chi connectivity index (χ3v) is 3.57. The first kappa shape index (κ1) is 13.3. The molecule has 0 aliphatic rings. The van der Waals surface area contributed by atoms with Gasteiger partial charge in [0, 0.05) is 4.47 Å². The lowest BCUT2D eigenvalue weighted by molar-refractivity contribution is 0.218. The van der Waals surface area contributed by atoms with Gasteiger partial charge in [0.1, 0.15) is 6.10 Å². The second kappa shape index (κ2) is 5.68. The van der Waals surface area contributed by atoms with Crippen LogP contribution in [0.4, 0.5) is 0 Å². The standard InChI is InChI=1S/C16H17BrO/c1-11(2)14-8-3-4-9-15(14)16(18)12-6-5-7-13(17)10-12/h3-11,16,18H,1-2H3/t16-/m0/s1. The largest absolute Gasteiger partial charge is 0.384 e. The molecule has 0 fully saturated rings. The lowest BCUT2D eigenvalue weighted by atomic mass is 9.91. The predicted molar refractivity (Wildman–Crippen MR) is 78.7 cm³/mol. The van der Waals surface area contributed by atoms with Crippen LogP contribution >= 0.6 is 15.9 Å². The summed E-state index contributed by atoms with van der Waals surface area (Å²) >= 11 is 3.44. The fourth-order valence-electron chi connectivity index (χ4n) is 2.14. The van der Waals surface area contributed by atoms with Gasteiger partial charge in [-0.15, -0.1) is 0 Å². The molecule has 0 aliphatic heterocycles. The van der Waals surface area contributed by atoms with Crippen LogP contribution in [0.3, 0.4) is 0 Å². The summed E-state index contributed by atoms with van der Waals surface area (Å²) in [5.74, 6) is 0.406. The van der Waals surface area contributed by atoms with Gasteiger partial charge in [0.2, 0.25) is 0 Å². The van der Waals surface area contributed by atoms with Crippen LogP contribution in [0.1, 0.15) is 42.6 Å². The van der Waals surface area contributed by atoms with Gasteiger partial charge in [-0.1, -0.05) is 66.2 Å².